The number of likely N-dealkylation sites (tertiary alicyclic amines) is 1. The second-order valence-electron chi connectivity index (χ2n) is 6.70. The number of hydrogen-bond donors (Lipinski definition) is 1. The summed E-state index contributed by atoms with van der Waals surface area (Å²) in [5.74, 6) is -1.01. The van der Waals surface area contributed by atoms with Gasteiger partial charge >= 0.3 is 0 Å². The highest BCUT2D eigenvalue weighted by Gasteiger charge is 2.60. The van der Waals surface area contributed by atoms with Crippen LogP contribution in [0.2, 0.25) is 0 Å². The summed E-state index contributed by atoms with van der Waals surface area (Å²) in [6.07, 6.45) is 3.00. The molecule has 3 aliphatic rings. The Morgan fingerprint density at radius 2 is 1.65 bits per heavy atom. The van der Waals surface area contributed by atoms with Crippen molar-refractivity contribution in [3.05, 3.63) is 30.1 Å². The van der Waals surface area contributed by atoms with E-state index in [-0.39, 0.29) is 30.2 Å². The van der Waals surface area contributed by atoms with Gasteiger partial charge in [-0.2, -0.15) is 0 Å². The number of imide groups is 1. The Morgan fingerprint density at radius 3 is 2.22 bits per heavy atom. The number of carbonyl (C=O) groups excluding carboxylic acids is 3. The van der Waals surface area contributed by atoms with Crippen LogP contribution in [0.3, 0.4) is 0 Å². The van der Waals surface area contributed by atoms with Gasteiger partial charge in [-0.05, 0) is 55.4 Å². The van der Waals surface area contributed by atoms with Gasteiger partial charge in [0, 0.05) is 5.69 Å². The number of hydrogen-bond acceptors (Lipinski definition) is 3. The Labute approximate surface area is 132 Å². The number of halogens is 1. The molecule has 4 atom stereocenters. The lowest BCUT2D eigenvalue weighted by Gasteiger charge is -2.19. The van der Waals surface area contributed by atoms with E-state index in [1.807, 2.05) is 0 Å². The maximum absolute atomic E-state index is 12.9. The van der Waals surface area contributed by atoms with E-state index in [0.29, 0.717) is 17.5 Å². The first kappa shape index (κ1) is 14.4. The SMILES string of the molecule is O=C(CN1C(=O)[C@H]2[C@H]3CC[C@@H](C3)[C@@H]2C1=O)Nc1ccc(F)cc1. The molecular weight excluding hydrogens is 299 g/mol. The number of carbonyl (C=O) groups is 3. The number of nitrogens with one attached hydrogen (secondary N) is 1. The molecule has 0 spiro atoms. The molecule has 0 aromatic heterocycles. The van der Waals surface area contributed by atoms with Gasteiger partial charge in [0.25, 0.3) is 0 Å². The fourth-order valence-electron chi connectivity index (χ4n) is 4.50. The summed E-state index contributed by atoms with van der Waals surface area (Å²) in [4.78, 5) is 38.2. The van der Waals surface area contributed by atoms with Gasteiger partial charge in [0.05, 0.1) is 11.8 Å². The summed E-state index contributed by atoms with van der Waals surface area (Å²) in [5.41, 5.74) is 0.441. The topological polar surface area (TPSA) is 66.5 Å². The van der Waals surface area contributed by atoms with E-state index in [1.54, 1.807) is 0 Å². The molecule has 1 heterocycles. The number of rotatable bonds is 3. The van der Waals surface area contributed by atoms with Gasteiger partial charge in [0.15, 0.2) is 0 Å². The summed E-state index contributed by atoms with van der Waals surface area (Å²) in [5, 5.41) is 2.59. The zero-order chi connectivity index (χ0) is 16.1. The molecule has 3 amide bonds. The molecule has 1 aromatic rings. The predicted molar refractivity (Wildman–Crippen MR) is 79.6 cm³/mol. The Bertz CT molecular complexity index is 660. The molecule has 0 radical (unpaired) electrons. The van der Waals surface area contributed by atoms with E-state index >= 15 is 0 Å². The monoisotopic (exact) mass is 316 g/mol. The first-order valence-corrected chi connectivity index (χ1v) is 7.95. The summed E-state index contributed by atoms with van der Waals surface area (Å²) < 4.78 is 12.9. The largest absolute Gasteiger partial charge is 0.325 e. The molecule has 2 saturated carbocycles. The Morgan fingerprint density at radius 1 is 1.09 bits per heavy atom. The van der Waals surface area contributed by atoms with Gasteiger partial charge in [-0.25, -0.2) is 4.39 Å². The molecule has 120 valence electrons. The van der Waals surface area contributed by atoms with Crippen molar-refractivity contribution in [1.29, 1.82) is 0 Å². The van der Waals surface area contributed by atoms with Crippen molar-refractivity contribution in [2.45, 2.75) is 19.3 Å². The molecule has 1 saturated heterocycles. The van der Waals surface area contributed by atoms with Gasteiger partial charge in [-0.15, -0.1) is 0 Å². The van der Waals surface area contributed by atoms with Crippen LogP contribution in [-0.4, -0.2) is 29.2 Å². The first-order chi connectivity index (χ1) is 11.0. The average molecular weight is 316 g/mol. The van der Waals surface area contributed by atoms with E-state index in [4.69, 9.17) is 0 Å². The third-order valence-corrected chi connectivity index (χ3v) is 5.45. The molecule has 5 nitrogen and oxygen atoms in total. The lowest BCUT2D eigenvalue weighted by atomic mass is 9.81. The molecule has 4 rings (SSSR count). The van der Waals surface area contributed by atoms with Gasteiger partial charge < -0.3 is 5.32 Å². The fraction of sp³-hybridized carbons (Fsp3) is 0.471. The van der Waals surface area contributed by atoms with E-state index in [0.717, 1.165) is 24.2 Å². The Hall–Kier alpha value is -2.24. The van der Waals surface area contributed by atoms with Crippen molar-refractivity contribution in [2.24, 2.45) is 23.7 Å². The zero-order valence-corrected chi connectivity index (χ0v) is 12.5. The highest BCUT2D eigenvalue weighted by atomic mass is 19.1. The van der Waals surface area contributed by atoms with E-state index in [2.05, 4.69) is 5.32 Å². The standard InChI is InChI=1S/C17H17FN2O3/c18-11-3-5-12(6-4-11)19-13(21)8-20-16(22)14-9-1-2-10(7-9)15(14)17(20)23/h3-6,9-10,14-15H,1-2,7-8H2,(H,19,21)/t9-,10-,14-,15-/m0/s1. The van der Waals surface area contributed by atoms with Crippen LogP contribution in [0.4, 0.5) is 10.1 Å². The van der Waals surface area contributed by atoms with Gasteiger partial charge in [0.2, 0.25) is 17.7 Å². The lowest BCUT2D eigenvalue weighted by Crippen LogP contribution is -2.39. The summed E-state index contributed by atoms with van der Waals surface area (Å²) in [6, 6.07) is 5.36. The van der Waals surface area contributed by atoms with Gasteiger partial charge in [0.1, 0.15) is 12.4 Å². The quantitative estimate of drug-likeness (QED) is 0.865. The smallest absolute Gasteiger partial charge is 0.244 e. The number of benzene rings is 1. The second kappa shape index (κ2) is 5.15. The minimum absolute atomic E-state index is 0.193. The van der Waals surface area contributed by atoms with Crippen molar-refractivity contribution >= 4 is 23.4 Å². The van der Waals surface area contributed by atoms with Crippen molar-refractivity contribution in [2.75, 3.05) is 11.9 Å². The highest BCUT2D eigenvalue weighted by molar-refractivity contribution is 6.09. The van der Waals surface area contributed by atoms with Gasteiger partial charge in [-0.3, -0.25) is 19.3 Å². The van der Waals surface area contributed by atoms with E-state index < -0.39 is 11.7 Å². The molecular formula is C17H17FN2O3. The maximum atomic E-state index is 12.9. The lowest BCUT2D eigenvalue weighted by molar-refractivity contribution is -0.143. The third-order valence-electron chi connectivity index (χ3n) is 5.45. The number of amides is 3. The summed E-state index contributed by atoms with van der Waals surface area (Å²) in [7, 11) is 0. The van der Waals surface area contributed by atoms with Crippen LogP contribution < -0.4 is 5.32 Å². The van der Waals surface area contributed by atoms with E-state index in [1.165, 1.54) is 24.3 Å². The Kier molecular flexibility index (Phi) is 3.21. The first-order valence-electron chi connectivity index (χ1n) is 7.95. The van der Waals surface area contributed by atoms with Crippen molar-refractivity contribution < 1.29 is 18.8 Å². The third kappa shape index (κ3) is 2.24. The number of fused-ring (bicyclic) bond motifs is 5. The van der Waals surface area contributed by atoms with Crippen LogP contribution in [0.15, 0.2) is 24.3 Å². The van der Waals surface area contributed by atoms with Crippen LogP contribution in [-0.2, 0) is 14.4 Å². The minimum atomic E-state index is -0.439. The van der Waals surface area contributed by atoms with Crippen LogP contribution in [0, 0.1) is 29.5 Å². The number of anilines is 1. The summed E-state index contributed by atoms with van der Waals surface area (Å²) >= 11 is 0. The molecule has 1 aliphatic heterocycles. The molecule has 2 bridgehead atoms. The molecule has 23 heavy (non-hydrogen) atoms. The van der Waals surface area contributed by atoms with Crippen molar-refractivity contribution in [1.82, 2.24) is 4.90 Å². The van der Waals surface area contributed by atoms with Crippen LogP contribution in [0.1, 0.15) is 19.3 Å². The highest BCUT2D eigenvalue weighted by Crippen LogP contribution is 2.56. The van der Waals surface area contributed by atoms with E-state index in [9.17, 15) is 18.8 Å². The van der Waals surface area contributed by atoms with Crippen molar-refractivity contribution in [3.8, 4) is 0 Å². The predicted octanol–water partition coefficient (Wildman–Crippen LogP) is 1.80. The van der Waals surface area contributed by atoms with Crippen LogP contribution in [0.25, 0.3) is 0 Å². The fourth-order valence-corrected chi connectivity index (χ4v) is 4.50. The van der Waals surface area contributed by atoms with Gasteiger partial charge in [-0.1, -0.05) is 0 Å². The normalized spacial score (nSPS) is 31.6. The average Bonchev–Trinajstić information content (AvgIpc) is 3.19. The molecule has 0 unspecified atom stereocenters. The zero-order valence-electron chi connectivity index (χ0n) is 12.5. The second-order valence-corrected chi connectivity index (χ2v) is 6.70. The Balaban J connectivity index is 1.44. The molecule has 1 N–H and O–H groups in total. The molecule has 2 aliphatic carbocycles. The summed E-state index contributed by atoms with van der Waals surface area (Å²) in [6.45, 7) is -0.262. The van der Waals surface area contributed by atoms with Crippen LogP contribution >= 0.6 is 0 Å². The van der Waals surface area contributed by atoms with Crippen LogP contribution in [0.5, 0.6) is 0 Å². The molecule has 1 aromatic carbocycles. The molecule has 6 heteroatoms. The maximum Gasteiger partial charge on any atom is 0.244 e. The number of nitrogens with zero attached hydrogens (tertiary/aromatic N) is 1. The molecule has 3 fully saturated rings. The minimum Gasteiger partial charge on any atom is -0.325 e. The van der Waals surface area contributed by atoms with Crippen molar-refractivity contribution in [3.63, 3.8) is 0 Å².